The largest absolute Gasteiger partial charge is 0.493 e. The lowest BCUT2D eigenvalue weighted by atomic mass is 9.86. The number of nitrogens with zero attached hydrogens (tertiary/aromatic N) is 1. The number of carbonyl (C=O) groups is 1. The second kappa shape index (κ2) is 6.60. The molecule has 1 aromatic carbocycles. The first-order chi connectivity index (χ1) is 11.1. The molecule has 5 heteroatoms. The van der Waals surface area contributed by atoms with E-state index < -0.39 is 0 Å². The number of carbonyl (C=O) groups excluding carboxylic acids is 1. The highest BCUT2D eigenvalue weighted by molar-refractivity contribution is 5.96. The van der Waals surface area contributed by atoms with Gasteiger partial charge in [0, 0.05) is 17.2 Å². The molecule has 1 aromatic rings. The summed E-state index contributed by atoms with van der Waals surface area (Å²) in [5.41, 5.74) is 4.23. The van der Waals surface area contributed by atoms with Gasteiger partial charge in [-0.2, -0.15) is 5.10 Å². The summed E-state index contributed by atoms with van der Waals surface area (Å²) in [6.07, 6.45) is 5.24. The molecule has 0 heterocycles. The van der Waals surface area contributed by atoms with Crippen LogP contribution in [0.2, 0.25) is 0 Å². The van der Waals surface area contributed by atoms with Crippen molar-refractivity contribution in [2.24, 2.45) is 22.9 Å². The third-order valence-electron chi connectivity index (χ3n) is 5.25. The van der Waals surface area contributed by atoms with Gasteiger partial charge in [0.25, 0.3) is 5.91 Å². The number of rotatable bonds is 5. The lowest BCUT2D eigenvalue weighted by Crippen LogP contribution is -2.24. The maximum absolute atomic E-state index is 12.3. The molecular weight excluding hydrogens is 292 g/mol. The minimum absolute atomic E-state index is 0.228. The summed E-state index contributed by atoms with van der Waals surface area (Å²) >= 11 is 0. The number of ether oxygens (including phenoxy) is 2. The first-order valence-electron chi connectivity index (χ1n) is 8.19. The molecule has 0 aliphatic heterocycles. The quantitative estimate of drug-likeness (QED) is 0.670. The molecule has 23 heavy (non-hydrogen) atoms. The van der Waals surface area contributed by atoms with Gasteiger partial charge in [-0.1, -0.05) is 6.42 Å². The number of hydrogen-bond donors (Lipinski definition) is 1. The van der Waals surface area contributed by atoms with E-state index in [1.165, 1.54) is 25.7 Å². The third kappa shape index (κ3) is 3.19. The van der Waals surface area contributed by atoms with Crippen molar-refractivity contribution in [1.82, 2.24) is 5.43 Å². The van der Waals surface area contributed by atoms with Crippen LogP contribution in [0.25, 0.3) is 0 Å². The summed E-state index contributed by atoms with van der Waals surface area (Å²) in [7, 11) is 3.12. The van der Waals surface area contributed by atoms with E-state index in [1.54, 1.807) is 32.4 Å². The first-order valence-corrected chi connectivity index (χ1v) is 8.19. The third-order valence-corrected chi connectivity index (χ3v) is 5.25. The Morgan fingerprint density at radius 3 is 2.57 bits per heavy atom. The molecule has 0 aromatic heterocycles. The van der Waals surface area contributed by atoms with E-state index in [2.05, 4.69) is 10.5 Å². The van der Waals surface area contributed by atoms with E-state index in [0.29, 0.717) is 23.0 Å². The molecule has 0 spiro atoms. The lowest BCUT2D eigenvalue weighted by Gasteiger charge is -2.21. The van der Waals surface area contributed by atoms with E-state index in [-0.39, 0.29) is 5.91 Å². The predicted octanol–water partition coefficient (Wildman–Crippen LogP) is 3.25. The van der Waals surface area contributed by atoms with Crippen molar-refractivity contribution >= 4 is 11.6 Å². The molecule has 2 saturated carbocycles. The van der Waals surface area contributed by atoms with Gasteiger partial charge in [0.2, 0.25) is 0 Å². The summed E-state index contributed by atoms with van der Waals surface area (Å²) in [6, 6.07) is 5.09. The van der Waals surface area contributed by atoms with Crippen molar-refractivity contribution in [3.63, 3.8) is 0 Å². The molecule has 0 unspecified atom stereocenters. The Balaban J connectivity index is 1.66. The molecular formula is C18H24N2O3. The van der Waals surface area contributed by atoms with Crippen molar-refractivity contribution in [2.45, 2.75) is 32.6 Å². The van der Waals surface area contributed by atoms with Crippen LogP contribution < -0.4 is 14.9 Å². The van der Waals surface area contributed by atoms with Crippen LogP contribution in [-0.4, -0.2) is 25.8 Å². The minimum atomic E-state index is -0.228. The molecule has 2 fully saturated rings. The van der Waals surface area contributed by atoms with Gasteiger partial charge in [0.1, 0.15) is 0 Å². The summed E-state index contributed by atoms with van der Waals surface area (Å²) in [4.78, 5) is 12.3. The van der Waals surface area contributed by atoms with Gasteiger partial charge in [0.15, 0.2) is 11.5 Å². The average molecular weight is 316 g/mol. The fraction of sp³-hybridized carbons (Fsp3) is 0.556. The summed E-state index contributed by atoms with van der Waals surface area (Å²) in [5, 5.41) is 4.34. The van der Waals surface area contributed by atoms with Gasteiger partial charge in [-0.3, -0.25) is 4.79 Å². The van der Waals surface area contributed by atoms with Gasteiger partial charge in [0.05, 0.1) is 14.2 Å². The van der Waals surface area contributed by atoms with Crippen molar-refractivity contribution in [1.29, 1.82) is 0 Å². The number of amides is 1. The van der Waals surface area contributed by atoms with Crippen LogP contribution in [0.5, 0.6) is 11.5 Å². The molecule has 2 aliphatic rings. The van der Waals surface area contributed by atoms with E-state index in [4.69, 9.17) is 9.47 Å². The van der Waals surface area contributed by atoms with Gasteiger partial charge in [-0.15, -0.1) is 0 Å². The van der Waals surface area contributed by atoms with Crippen LogP contribution in [0.15, 0.2) is 23.3 Å². The molecule has 0 radical (unpaired) electrons. The predicted molar refractivity (Wildman–Crippen MR) is 89.1 cm³/mol. The van der Waals surface area contributed by atoms with Crippen LogP contribution >= 0.6 is 0 Å². The second-order valence-corrected chi connectivity index (χ2v) is 6.55. The maximum atomic E-state index is 12.3. The topological polar surface area (TPSA) is 59.9 Å². The normalized spacial score (nSPS) is 26.2. The Bertz CT molecular complexity index is 627. The zero-order valence-corrected chi connectivity index (χ0v) is 14.0. The number of benzene rings is 1. The minimum Gasteiger partial charge on any atom is -0.493 e. The standard InChI is InChI=1S/C18H24N2O3/c1-11(15-9-12-4-5-13(15)8-12)19-20-18(21)14-6-7-16(22-2)17(10-14)23-3/h6-7,10,12-13,15H,4-5,8-9H2,1-3H3,(H,20,21)/b19-11-/t12-,13+,15+/m0/s1. The highest BCUT2D eigenvalue weighted by Gasteiger charge is 2.40. The summed E-state index contributed by atoms with van der Waals surface area (Å²) < 4.78 is 10.4. The van der Waals surface area contributed by atoms with Gasteiger partial charge in [-0.25, -0.2) is 5.43 Å². The number of hydrogen-bond acceptors (Lipinski definition) is 4. The average Bonchev–Trinajstić information content (AvgIpc) is 3.21. The second-order valence-electron chi connectivity index (χ2n) is 6.55. The van der Waals surface area contributed by atoms with Crippen LogP contribution in [0.3, 0.4) is 0 Å². The Kier molecular flexibility index (Phi) is 4.55. The van der Waals surface area contributed by atoms with Crippen molar-refractivity contribution in [3.05, 3.63) is 23.8 Å². The van der Waals surface area contributed by atoms with Crippen molar-refractivity contribution in [3.8, 4) is 11.5 Å². The fourth-order valence-corrected chi connectivity index (χ4v) is 4.02. The number of nitrogens with one attached hydrogen (secondary N) is 1. The molecule has 2 aliphatic carbocycles. The maximum Gasteiger partial charge on any atom is 0.271 e. The highest BCUT2D eigenvalue weighted by atomic mass is 16.5. The number of hydrazone groups is 1. The van der Waals surface area contributed by atoms with Crippen LogP contribution in [0.1, 0.15) is 43.0 Å². The van der Waals surface area contributed by atoms with Gasteiger partial charge < -0.3 is 9.47 Å². The molecule has 1 N–H and O–H groups in total. The SMILES string of the molecule is COc1ccc(C(=O)N/N=C(/C)[C@H]2C[C@H]3CC[C@@H]2C3)cc1OC. The first kappa shape index (κ1) is 15.8. The van der Waals surface area contributed by atoms with E-state index >= 15 is 0 Å². The monoisotopic (exact) mass is 316 g/mol. The van der Waals surface area contributed by atoms with Crippen molar-refractivity contribution in [2.75, 3.05) is 14.2 Å². The molecule has 124 valence electrons. The smallest absolute Gasteiger partial charge is 0.271 e. The molecule has 1 amide bonds. The zero-order valence-electron chi connectivity index (χ0n) is 14.0. The van der Waals surface area contributed by atoms with Crippen molar-refractivity contribution < 1.29 is 14.3 Å². The summed E-state index contributed by atoms with van der Waals surface area (Å²) in [6.45, 7) is 2.03. The summed E-state index contributed by atoms with van der Waals surface area (Å²) in [5.74, 6) is 3.09. The van der Waals surface area contributed by atoms with Gasteiger partial charge >= 0.3 is 0 Å². The van der Waals surface area contributed by atoms with Crippen LogP contribution in [0, 0.1) is 17.8 Å². The van der Waals surface area contributed by atoms with Crippen LogP contribution in [0.4, 0.5) is 0 Å². The molecule has 0 saturated heterocycles. The van der Waals surface area contributed by atoms with Gasteiger partial charge in [-0.05, 0) is 56.2 Å². The molecule has 3 atom stereocenters. The Morgan fingerprint density at radius 1 is 1.17 bits per heavy atom. The van der Waals surface area contributed by atoms with E-state index in [1.807, 2.05) is 6.92 Å². The number of fused-ring (bicyclic) bond motifs is 2. The molecule has 5 nitrogen and oxygen atoms in total. The highest BCUT2D eigenvalue weighted by Crippen LogP contribution is 2.48. The van der Waals surface area contributed by atoms with Crippen LogP contribution in [-0.2, 0) is 0 Å². The Morgan fingerprint density at radius 2 is 1.96 bits per heavy atom. The molecule has 3 rings (SSSR count). The molecule has 2 bridgehead atoms. The van der Waals surface area contributed by atoms with E-state index in [0.717, 1.165) is 17.5 Å². The Hall–Kier alpha value is -2.04. The lowest BCUT2D eigenvalue weighted by molar-refractivity contribution is 0.0954. The zero-order chi connectivity index (χ0) is 16.4. The Labute approximate surface area is 137 Å². The fourth-order valence-electron chi connectivity index (χ4n) is 4.02. The number of methoxy groups -OCH3 is 2. The van der Waals surface area contributed by atoms with E-state index in [9.17, 15) is 4.79 Å².